The third-order valence-electron chi connectivity index (χ3n) is 6.15. The number of rotatable bonds is 6. The number of nitrogens with zero attached hydrogens (tertiary/aromatic N) is 2. The topological polar surface area (TPSA) is 68.7 Å². The van der Waals surface area contributed by atoms with Crippen LogP contribution in [-0.2, 0) is 9.53 Å². The number of ether oxygens (including phenoxy) is 2. The first-order chi connectivity index (χ1) is 15.5. The van der Waals surface area contributed by atoms with Crippen molar-refractivity contribution in [2.24, 2.45) is 11.8 Å². The minimum atomic E-state index is -0.382. The molecule has 0 radical (unpaired) electrons. The lowest BCUT2D eigenvalue weighted by atomic mass is 9.74. The fourth-order valence-electron chi connectivity index (χ4n) is 4.49. The average Bonchev–Trinajstić information content (AvgIpc) is 2.83. The van der Waals surface area contributed by atoms with E-state index in [9.17, 15) is 14.0 Å². The Morgan fingerprint density at radius 1 is 1.16 bits per heavy atom. The van der Waals surface area contributed by atoms with Gasteiger partial charge in [0.2, 0.25) is 5.91 Å². The molecule has 1 aliphatic heterocycles. The molecule has 1 saturated heterocycles. The van der Waals surface area contributed by atoms with E-state index < -0.39 is 0 Å². The Labute approximate surface area is 191 Å². The number of carbonyl (C=O) groups is 2. The standard InChI is InChI=1S/C24H26ClFN2O4/c25-23-21(6-3-11-27-23)32-15-18-14-28(12-13-31-18)24(30)20-5-2-1-4-19(20)22(29)16-7-9-17(26)10-8-16/h3,6-11,18-20H,1-2,4-5,12-15H2/t18?,19-,20-/m0/s1. The number of morpholine rings is 1. The molecule has 2 heterocycles. The van der Waals surface area contributed by atoms with Gasteiger partial charge in [-0.1, -0.05) is 24.4 Å². The molecule has 3 atom stereocenters. The maximum absolute atomic E-state index is 13.4. The summed E-state index contributed by atoms with van der Waals surface area (Å²) in [6.45, 7) is 1.53. The summed E-state index contributed by atoms with van der Waals surface area (Å²) < 4.78 is 24.8. The van der Waals surface area contributed by atoms with Crippen LogP contribution in [0.3, 0.4) is 0 Å². The van der Waals surface area contributed by atoms with Crippen molar-refractivity contribution < 1.29 is 23.5 Å². The fraction of sp³-hybridized carbons (Fsp3) is 0.458. The fourth-order valence-corrected chi connectivity index (χ4v) is 4.66. The number of amides is 1. The van der Waals surface area contributed by atoms with Gasteiger partial charge in [-0.2, -0.15) is 0 Å². The number of hydrogen-bond acceptors (Lipinski definition) is 5. The smallest absolute Gasteiger partial charge is 0.226 e. The largest absolute Gasteiger partial charge is 0.488 e. The molecule has 2 aromatic rings. The molecule has 2 aliphatic rings. The first-order valence-electron chi connectivity index (χ1n) is 11.0. The van der Waals surface area contributed by atoms with Crippen molar-refractivity contribution >= 4 is 23.3 Å². The van der Waals surface area contributed by atoms with Crippen LogP contribution in [0.1, 0.15) is 36.0 Å². The number of benzene rings is 1. The van der Waals surface area contributed by atoms with Gasteiger partial charge in [-0.3, -0.25) is 9.59 Å². The Morgan fingerprint density at radius 3 is 2.66 bits per heavy atom. The number of halogens is 2. The van der Waals surface area contributed by atoms with Gasteiger partial charge in [0.25, 0.3) is 0 Å². The van der Waals surface area contributed by atoms with Crippen molar-refractivity contribution in [3.63, 3.8) is 0 Å². The lowest BCUT2D eigenvalue weighted by molar-refractivity contribution is -0.146. The Balaban J connectivity index is 1.40. The minimum Gasteiger partial charge on any atom is -0.488 e. The van der Waals surface area contributed by atoms with E-state index in [0.717, 1.165) is 12.8 Å². The first kappa shape index (κ1) is 22.7. The van der Waals surface area contributed by atoms with Crippen LogP contribution in [0.4, 0.5) is 4.39 Å². The highest BCUT2D eigenvalue weighted by Gasteiger charge is 2.39. The summed E-state index contributed by atoms with van der Waals surface area (Å²) in [5, 5.41) is 0.278. The highest BCUT2D eigenvalue weighted by molar-refractivity contribution is 6.30. The number of hydrogen-bond donors (Lipinski definition) is 0. The molecule has 2 fully saturated rings. The Kier molecular flexibility index (Phi) is 7.37. The molecular formula is C24H26ClFN2O4. The van der Waals surface area contributed by atoms with E-state index in [1.54, 1.807) is 23.2 Å². The summed E-state index contributed by atoms with van der Waals surface area (Å²) in [7, 11) is 0. The van der Waals surface area contributed by atoms with E-state index in [4.69, 9.17) is 21.1 Å². The van der Waals surface area contributed by atoms with Crippen LogP contribution in [-0.4, -0.2) is 54.0 Å². The number of pyridine rings is 1. The molecule has 0 spiro atoms. The summed E-state index contributed by atoms with van der Waals surface area (Å²) in [5.41, 5.74) is 0.456. The summed E-state index contributed by atoms with van der Waals surface area (Å²) in [5.74, 6) is -0.757. The van der Waals surface area contributed by atoms with Crippen molar-refractivity contribution in [1.29, 1.82) is 0 Å². The first-order valence-corrected chi connectivity index (χ1v) is 11.3. The number of ketones is 1. The maximum Gasteiger partial charge on any atom is 0.226 e. The Bertz CT molecular complexity index is 955. The van der Waals surface area contributed by atoms with Crippen LogP contribution in [0.25, 0.3) is 0 Å². The number of carbonyl (C=O) groups excluding carboxylic acids is 2. The zero-order valence-corrected chi connectivity index (χ0v) is 18.5. The van der Waals surface area contributed by atoms with E-state index in [1.165, 1.54) is 24.3 Å². The second-order valence-corrected chi connectivity index (χ2v) is 8.61. The maximum atomic E-state index is 13.4. The molecule has 1 aromatic carbocycles. The van der Waals surface area contributed by atoms with Gasteiger partial charge in [0.05, 0.1) is 13.2 Å². The molecule has 4 rings (SSSR count). The van der Waals surface area contributed by atoms with Crippen molar-refractivity contribution in [2.45, 2.75) is 31.8 Å². The van der Waals surface area contributed by atoms with Crippen molar-refractivity contribution in [2.75, 3.05) is 26.3 Å². The highest BCUT2D eigenvalue weighted by atomic mass is 35.5. The number of Topliss-reactive ketones (excluding diaryl/α,β-unsaturated/α-hetero) is 1. The summed E-state index contributed by atoms with van der Waals surface area (Å²) in [6.07, 6.45) is 4.47. The SMILES string of the molecule is O=C(c1ccc(F)cc1)[C@H]1CCCC[C@@H]1C(=O)N1CCOC(COc2cccnc2Cl)C1. The molecular weight excluding hydrogens is 435 g/mol. The van der Waals surface area contributed by atoms with Gasteiger partial charge in [-0.25, -0.2) is 9.37 Å². The minimum absolute atomic E-state index is 0.0159. The van der Waals surface area contributed by atoms with Gasteiger partial charge in [-0.05, 0) is 49.2 Å². The molecule has 32 heavy (non-hydrogen) atoms. The van der Waals surface area contributed by atoms with Crippen LogP contribution in [0.5, 0.6) is 5.75 Å². The van der Waals surface area contributed by atoms with E-state index in [-0.39, 0.29) is 47.2 Å². The molecule has 1 amide bonds. The molecule has 1 aliphatic carbocycles. The van der Waals surface area contributed by atoms with Crippen LogP contribution in [0.15, 0.2) is 42.6 Å². The van der Waals surface area contributed by atoms with Gasteiger partial charge >= 0.3 is 0 Å². The molecule has 6 nitrogen and oxygen atoms in total. The van der Waals surface area contributed by atoms with Crippen molar-refractivity contribution in [1.82, 2.24) is 9.88 Å². The summed E-state index contributed by atoms with van der Waals surface area (Å²) >= 11 is 6.03. The highest BCUT2D eigenvalue weighted by Crippen LogP contribution is 2.34. The zero-order chi connectivity index (χ0) is 22.5. The summed E-state index contributed by atoms with van der Waals surface area (Å²) in [6, 6.07) is 9.04. The number of aromatic nitrogens is 1. The molecule has 1 saturated carbocycles. The average molecular weight is 461 g/mol. The van der Waals surface area contributed by atoms with Gasteiger partial charge in [0.1, 0.15) is 18.5 Å². The van der Waals surface area contributed by atoms with E-state index in [0.29, 0.717) is 43.9 Å². The molecule has 8 heteroatoms. The van der Waals surface area contributed by atoms with Gasteiger partial charge in [0, 0.05) is 30.1 Å². The van der Waals surface area contributed by atoms with Gasteiger partial charge in [0.15, 0.2) is 16.7 Å². The van der Waals surface area contributed by atoms with Crippen molar-refractivity contribution in [3.05, 3.63) is 59.1 Å². The van der Waals surface area contributed by atoms with Gasteiger partial charge < -0.3 is 14.4 Å². The second-order valence-electron chi connectivity index (χ2n) is 8.25. The Hall–Kier alpha value is -2.51. The van der Waals surface area contributed by atoms with Crippen LogP contribution >= 0.6 is 11.6 Å². The second kappa shape index (κ2) is 10.4. The van der Waals surface area contributed by atoms with Crippen molar-refractivity contribution in [3.8, 4) is 5.75 Å². The molecule has 1 unspecified atom stereocenters. The lowest BCUT2D eigenvalue weighted by Crippen LogP contribution is -2.51. The van der Waals surface area contributed by atoms with E-state index in [2.05, 4.69) is 4.98 Å². The quantitative estimate of drug-likeness (QED) is 0.478. The molecule has 0 bridgehead atoms. The van der Waals surface area contributed by atoms with E-state index >= 15 is 0 Å². The Morgan fingerprint density at radius 2 is 1.91 bits per heavy atom. The third-order valence-corrected chi connectivity index (χ3v) is 6.43. The predicted molar refractivity (Wildman–Crippen MR) is 117 cm³/mol. The van der Waals surface area contributed by atoms with Crippen LogP contribution < -0.4 is 4.74 Å². The molecule has 170 valence electrons. The summed E-state index contributed by atoms with van der Waals surface area (Å²) in [4.78, 5) is 32.3. The monoisotopic (exact) mass is 460 g/mol. The zero-order valence-electron chi connectivity index (χ0n) is 17.7. The molecule has 1 aromatic heterocycles. The van der Waals surface area contributed by atoms with E-state index in [1.807, 2.05) is 0 Å². The predicted octanol–water partition coefficient (Wildman–Crippen LogP) is 4.17. The normalized spacial score (nSPS) is 23.6. The van der Waals surface area contributed by atoms with Crippen LogP contribution in [0.2, 0.25) is 5.15 Å². The van der Waals surface area contributed by atoms with Crippen LogP contribution in [0, 0.1) is 17.7 Å². The lowest BCUT2D eigenvalue weighted by Gasteiger charge is -2.38. The molecule has 0 N–H and O–H groups in total. The van der Waals surface area contributed by atoms with Gasteiger partial charge in [-0.15, -0.1) is 0 Å². The third kappa shape index (κ3) is 5.27.